The van der Waals surface area contributed by atoms with Gasteiger partial charge in [-0.25, -0.2) is 8.42 Å². The van der Waals surface area contributed by atoms with E-state index >= 15 is 0 Å². The molecule has 0 N–H and O–H groups in total. The number of ether oxygens (including phenoxy) is 2. The van der Waals surface area contributed by atoms with Crippen LogP contribution < -0.4 is 9.04 Å². The maximum atomic E-state index is 13.3. The molecule has 2 aromatic rings. The van der Waals surface area contributed by atoms with Gasteiger partial charge in [-0.15, -0.1) is 0 Å². The Balaban J connectivity index is 2.65. The maximum absolute atomic E-state index is 13.3. The number of hydrogen-bond donors (Lipinski definition) is 0. The minimum absolute atomic E-state index is 0.123. The molecule has 0 saturated heterocycles. The van der Waals surface area contributed by atoms with E-state index in [1.54, 1.807) is 25.1 Å². The number of nitrogens with zero attached hydrogens (tertiary/aromatic N) is 2. The van der Waals surface area contributed by atoms with Gasteiger partial charge in [-0.3, -0.25) is 19.2 Å². The third-order valence-corrected chi connectivity index (χ3v) is 5.66. The maximum Gasteiger partial charge on any atom is 0.326 e. The number of carbonyl (C=O) groups excluding carboxylic acids is 1. The van der Waals surface area contributed by atoms with E-state index in [2.05, 4.69) is 4.74 Å². The van der Waals surface area contributed by atoms with Crippen LogP contribution in [0.25, 0.3) is 0 Å². The van der Waals surface area contributed by atoms with Crippen molar-refractivity contribution in [2.75, 3.05) is 24.6 Å². The number of carbonyl (C=O) groups is 1. The lowest BCUT2D eigenvalue weighted by atomic mass is 10.2. The van der Waals surface area contributed by atoms with Crippen LogP contribution >= 0.6 is 0 Å². The fourth-order valence-electron chi connectivity index (χ4n) is 2.50. The highest BCUT2D eigenvalue weighted by Crippen LogP contribution is 2.33. The van der Waals surface area contributed by atoms with Gasteiger partial charge in [-0.05, 0) is 32.0 Å². The van der Waals surface area contributed by atoms with Crippen LogP contribution in [0.3, 0.4) is 0 Å². The highest BCUT2D eigenvalue weighted by atomic mass is 32.2. The molecule has 0 spiro atoms. The summed E-state index contributed by atoms with van der Waals surface area (Å²) in [7, 11) is -3.19. The Morgan fingerprint density at radius 2 is 1.89 bits per heavy atom. The number of esters is 1. The first-order chi connectivity index (χ1) is 13.2. The largest absolute Gasteiger partial charge is 0.492 e. The topological polar surface area (TPSA) is 116 Å². The molecule has 2 rings (SSSR count). The van der Waals surface area contributed by atoms with Crippen LogP contribution in [0.1, 0.15) is 12.5 Å². The van der Waals surface area contributed by atoms with Crippen molar-refractivity contribution in [2.45, 2.75) is 18.7 Å². The third kappa shape index (κ3) is 4.39. The lowest BCUT2D eigenvalue weighted by Gasteiger charge is -2.25. The molecule has 150 valence electrons. The average molecular weight is 408 g/mol. The molecule has 0 heterocycles. The normalized spacial score (nSPS) is 11.0. The first-order valence-corrected chi connectivity index (χ1v) is 9.72. The number of anilines is 1. The summed E-state index contributed by atoms with van der Waals surface area (Å²) in [5.74, 6) is -0.546. The summed E-state index contributed by atoms with van der Waals surface area (Å²) in [6.45, 7) is 2.90. The highest BCUT2D eigenvalue weighted by molar-refractivity contribution is 7.92. The summed E-state index contributed by atoms with van der Waals surface area (Å²) < 4.78 is 37.5. The van der Waals surface area contributed by atoms with Crippen LogP contribution in [-0.2, 0) is 19.6 Å². The van der Waals surface area contributed by atoms with Gasteiger partial charge in [0.05, 0.1) is 29.2 Å². The number of nitro benzene ring substituents is 1. The highest BCUT2D eigenvalue weighted by Gasteiger charge is 2.31. The summed E-state index contributed by atoms with van der Waals surface area (Å²) in [5.41, 5.74) is 0.105. The fraction of sp³-hybridized carbons (Fsp3) is 0.278. The minimum Gasteiger partial charge on any atom is -0.492 e. The summed E-state index contributed by atoms with van der Waals surface area (Å²) >= 11 is 0. The van der Waals surface area contributed by atoms with Crippen LogP contribution in [-0.4, -0.2) is 39.6 Å². The van der Waals surface area contributed by atoms with Crippen molar-refractivity contribution < 1.29 is 27.6 Å². The number of aryl methyl sites for hydroxylation is 1. The zero-order chi connectivity index (χ0) is 20.9. The van der Waals surface area contributed by atoms with Crippen molar-refractivity contribution in [3.05, 3.63) is 58.1 Å². The van der Waals surface area contributed by atoms with Gasteiger partial charge in [0, 0.05) is 11.6 Å². The van der Waals surface area contributed by atoms with E-state index in [1.165, 1.54) is 25.1 Å². The number of hydrogen-bond acceptors (Lipinski definition) is 7. The van der Waals surface area contributed by atoms with E-state index in [-0.39, 0.29) is 28.6 Å². The molecule has 0 bridgehead atoms. The lowest BCUT2D eigenvalue weighted by molar-refractivity contribution is -0.385. The summed E-state index contributed by atoms with van der Waals surface area (Å²) in [4.78, 5) is 22.1. The van der Waals surface area contributed by atoms with Crippen molar-refractivity contribution in [2.24, 2.45) is 0 Å². The van der Waals surface area contributed by atoms with E-state index in [0.29, 0.717) is 5.56 Å². The number of para-hydroxylation sites is 2. The monoisotopic (exact) mass is 408 g/mol. The second kappa shape index (κ2) is 8.70. The van der Waals surface area contributed by atoms with Gasteiger partial charge in [-0.2, -0.15) is 0 Å². The number of rotatable bonds is 8. The molecular formula is C18H20N2O7S. The van der Waals surface area contributed by atoms with Crippen LogP contribution in [0.4, 0.5) is 11.4 Å². The van der Waals surface area contributed by atoms with Gasteiger partial charge in [-0.1, -0.05) is 18.2 Å². The molecule has 0 aromatic heterocycles. The quantitative estimate of drug-likeness (QED) is 0.374. The molecule has 10 heteroatoms. The lowest BCUT2D eigenvalue weighted by Crippen LogP contribution is -2.36. The second-order valence-electron chi connectivity index (χ2n) is 5.69. The number of methoxy groups -OCH3 is 1. The van der Waals surface area contributed by atoms with Gasteiger partial charge in [0.2, 0.25) is 0 Å². The first kappa shape index (κ1) is 21.2. The van der Waals surface area contributed by atoms with Crippen molar-refractivity contribution in [1.29, 1.82) is 0 Å². The Morgan fingerprint density at radius 3 is 2.50 bits per heavy atom. The molecule has 28 heavy (non-hydrogen) atoms. The van der Waals surface area contributed by atoms with Crippen LogP contribution in [0, 0.1) is 17.0 Å². The van der Waals surface area contributed by atoms with Crippen molar-refractivity contribution in [1.82, 2.24) is 0 Å². The van der Waals surface area contributed by atoms with E-state index in [9.17, 15) is 23.3 Å². The minimum atomic E-state index is -4.32. The average Bonchev–Trinajstić information content (AvgIpc) is 2.66. The Morgan fingerprint density at radius 1 is 1.21 bits per heavy atom. The van der Waals surface area contributed by atoms with Crippen molar-refractivity contribution in [3.8, 4) is 5.75 Å². The molecule has 0 radical (unpaired) electrons. The zero-order valence-corrected chi connectivity index (χ0v) is 16.4. The fourth-order valence-corrected chi connectivity index (χ4v) is 3.94. The molecule has 0 unspecified atom stereocenters. The van der Waals surface area contributed by atoms with Crippen molar-refractivity contribution in [3.63, 3.8) is 0 Å². The molecule has 2 aromatic carbocycles. The number of sulfonamides is 1. The molecular weight excluding hydrogens is 388 g/mol. The molecule has 0 fully saturated rings. The van der Waals surface area contributed by atoms with Crippen LogP contribution in [0.15, 0.2) is 47.4 Å². The molecule has 9 nitrogen and oxygen atoms in total. The molecule has 0 saturated carbocycles. The van der Waals surface area contributed by atoms with E-state index in [4.69, 9.17) is 4.74 Å². The summed E-state index contributed by atoms with van der Waals surface area (Å²) in [6.07, 6.45) is 0. The van der Waals surface area contributed by atoms with Gasteiger partial charge < -0.3 is 9.47 Å². The predicted octanol–water partition coefficient (Wildman–Crippen LogP) is 2.67. The van der Waals surface area contributed by atoms with Crippen LogP contribution in [0.5, 0.6) is 5.75 Å². The van der Waals surface area contributed by atoms with Gasteiger partial charge in [0.25, 0.3) is 15.7 Å². The summed E-state index contributed by atoms with van der Waals surface area (Å²) in [5, 5.41) is 11.2. The van der Waals surface area contributed by atoms with Gasteiger partial charge in [0.15, 0.2) is 0 Å². The van der Waals surface area contributed by atoms with Crippen LogP contribution in [0.2, 0.25) is 0 Å². The second-order valence-corrected chi connectivity index (χ2v) is 7.56. The SMILES string of the molecule is CCOc1ccccc1N(CC(=O)OC)S(=O)(=O)c1ccc(C)c([N+](=O)[O-])c1. The van der Waals surface area contributed by atoms with E-state index < -0.39 is 27.5 Å². The molecule has 0 aliphatic rings. The number of nitro groups is 1. The molecule has 0 atom stereocenters. The third-order valence-electron chi connectivity index (χ3n) is 3.90. The van der Waals surface area contributed by atoms with Gasteiger partial charge in [0.1, 0.15) is 12.3 Å². The Kier molecular flexibility index (Phi) is 6.57. The van der Waals surface area contributed by atoms with E-state index in [0.717, 1.165) is 17.5 Å². The van der Waals surface area contributed by atoms with Crippen molar-refractivity contribution >= 4 is 27.4 Å². The molecule has 0 amide bonds. The Hall–Kier alpha value is -3.14. The molecule has 0 aliphatic carbocycles. The number of benzene rings is 2. The Bertz CT molecular complexity index is 989. The standard InChI is InChI=1S/C18H20N2O7S/c1-4-27-17-8-6-5-7-15(17)19(12-18(21)26-3)28(24,25)14-10-9-13(2)16(11-14)20(22)23/h5-11H,4,12H2,1-3H3. The summed E-state index contributed by atoms with van der Waals surface area (Å²) in [6, 6.07) is 9.87. The van der Waals surface area contributed by atoms with E-state index in [1.807, 2.05) is 0 Å². The Labute approximate surface area is 162 Å². The smallest absolute Gasteiger partial charge is 0.326 e. The zero-order valence-electron chi connectivity index (χ0n) is 15.6. The first-order valence-electron chi connectivity index (χ1n) is 8.28. The predicted molar refractivity (Wildman–Crippen MR) is 102 cm³/mol. The molecule has 0 aliphatic heterocycles. The van der Waals surface area contributed by atoms with Gasteiger partial charge >= 0.3 is 5.97 Å².